The SMILES string of the molecule is CCC1=C(C(=O)OC)[C@@H](c2ccccc2)n2c(s/c(=C\c3cc(Br)c(OCc4ccc(Cl)cc4)c(OC)c3)c2=O)=N1. The first kappa shape index (κ1) is 28.9. The topological polar surface area (TPSA) is 79.1 Å². The zero-order valence-corrected chi connectivity index (χ0v) is 25.7. The standard InChI is InChI=1S/C31H26BrClN2O5S/c1-4-23-26(30(37)39-3)27(20-8-6-5-7-9-20)35-29(36)25(41-31(35)34-23)16-19-14-22(32)28(24(15-19)38-2)40-17-18-10-12-21(33)13-11-18/h5-16,27H,4,17H2,1-3H3/b25-16-/t27-/m1/s1. The summed E-state index contributed by atoms with van der Waals surface area (Å²) in [5.41, 5.74) is 3.21. The Hall–Kier alpha value is -3.66. The molecule has 41 heavy (non-hydrogen) atoms. The van der Waals surface area contributed by atoms with Gasteiger partial charge in [-0.3, -0.25) is 9.36 Å². The predicted octanol–water partition coefficient (Wildman–Crippen LogP) is 5.80. The molecule has 0 fully saturated rings. The minimum Gasteiger partial charge on any atom is -0.493 e. The first-order valence-electron chi connectivity index (χ1n) is 12.8. The summed E-state index contributed by atoms with van der Waals surface area (Å²) in [6.07, 6.45) is 2.30. The van der Waals surface area contributed by atoms with Gasteiger partial charge in [0.15, 0.2) is 16.3 Å². The molecular formula is C31H26BrClN2O5S. The normalized spacial score (nSPS) is 14.9. The molecule has 4 aromatic rings. The number of benzene rings is 3. The predicted molar refractivity (Wildman–Crippen MR) is 163 cm³/mol. The fraction of sp³-hybridized carbons (Fsp3) is 0.194. The Kier molecular flexibility index (Phi) is 8.77. The molecule has 0 amide bonds. The summed E-state index contributed by atoms with van der Waals surface area (Å²) in [6, 6.07) is 19.9. The van der Waals surface area contributed by atoms with Gasteiger partial charge in [0.1, 0.15) is 6.61 Å². The van der Waals surface area contributed by atoms with Crippen LogP contribution in [-0.4, -0.2) is 24.8 Å². The number of methoxy groups -OCH3 is 2. The van der Waals surface area contributed by atoms with Crippen molar-refractivity contribution in [2.24, 2.45) is 4.99 Å². The van der Waals surface area contributed by atoms with E-state index in [1.807, 2.05) is 73.7 Å². The molecule has 0 unspecified atom stereocenters. The Bertz CT molecular complexity index is 1810. The Morgan fingerprint density at radius 1 is 1.12 bits per heavy atom. The molecule has 0 bridgehead atoms. The lowest BCUT2D eigenvalue weighted by Crippen LogP contribution is -2.40. The number of aromatic nitrogens is 1. The number of nitrogens with zero attached hydrogens (tertiary/aromatic N) is 2. The number of thiazole rings is 1. The highest BCUT2D eigenvalue weighted by atomic mass is 79.9. The number of ether oxygens (including phenoxy) is 3. The Morgan fingerprint density at radius 2 is 1.85 bits per heavy atom. The average Bonchev–Trinajstić information content (AvgIpc) is 3.30. The number of rotatable bonds is 8. The van der Waals surface area contributed by atoms with Gasteiger partial charge in [-0.2, -0.15) is 0 Å². The molecule has 0 N–H and O–H groups in total. The third-order valence-electron chi connectivity index (χ3n) is 6.61. The fourth-order valence-corrected chi connectivity index (χ4v) is 6.39. The molecule has 10 heteroatoms. The van der Waals surface area contributed by atoms with Crippen LogP contribution < -0.4 is 24.4 Å². The van der Waals surface area contributed by atoms with Crippen LogP contribution in [0.15, 0.2) is 92.3 Å². The van der Waals surface area contributed by atoms with Crippen LogP contribution in [-0.2, 0) is 16.1 Å². The van der Waals surface area contributed by atoms with Crippen molar-refractivity contribution in [1.82, 2.24) is 4.57 Å². The maximum absolute atomic E-state index is 13.9. The Morgan fingerprint density at radius 3 is 2.51 bits per heavy atom. The van der Waals surface area contributed by atoms with Gasteiger partial charge in [-0.1, -0.05) is 72.3 Å². The van der Waals surface area contributed by atoms with E-state index in [2.05, 4.69) is 15.9 Å². The number of carbonyl (C=O) groups excluding carboxylic acids is 1. The maximum Gasteiger partial charge on any atom is 0.338 e. The molecule has 1 aromatic heterocycles. The monoisotopic (exact) mass is 652 g/mol. The summed E-state index contributed by atoms with van der Waals surface area (Å²) in [7, 11) is 2.90. The van der Waals surface area contributed by atoms with Gasteiger partial charge in [-0.05, 0) is 69.4 Å². The van der Waals surface area contributed by atoms with Crippen molar-refractivity contribution < 1.29 is 19.0 Å². The highest BCUT2D eigenvalue weighted by Gasteiger charge is 2.33. The molecule has 2 heterocycles. The number of allylic oxidation sites excluding steroid dienone is 1. The van der Waals surface area contributed by atoms with Crippen molar-refractivity contribution in [2.45, 2.75) is 26.0 Å². The van der Waals surface area contributed by atoms with Crippen LogP contribution in [0.25, 0.3) is 6.08 Å². The van der Waals surface area contributed by atoms with Gasteiger partial charge in [0, 0.05) is 5.02 Å². The van der Waals surface area contributed by atoms with E-state index >= 15 is 0 Å². The molecule has 0 radical (unpaired) electrons. The molecule has 210 valence electrons. The molecule has 1 aliphatic heterocycles. The van der Waals surface area contributed by atoms with Crippen molar-refractivity contribution in [3.8, 4) is 11.5 Å². The molecule has 0 aliphatic carbocycles. The summed E-state index contributed by atoms with van der Waals surface area (Å²) in [5, 5.41) is 0.657. The Balaban J connectivity index is 1.58. The van der Waals surface area contributed by atoms with Gasteiger partial charge >= 0.3 is 5.97 Å². The van der Waals surface area contributed by atoms with Crippen molar-refractivity contribution in [3.05, 3.63) is 124 Å². The second kappa shape index (κ2) is 12.5. The van der Waals surface area contributed by atoms with Crippen LogP contribution >= 0.6 is 38.9 Å². The molecule has 0 spiro atoms. The first-order chi connectivity index (χ1) is 19.8. The maximum atomic E-state index is 13.9. The number of fused-ring (bicyclic) bond motifs is 1. The van der Waals surface area contributed by atoms with Gasteiger partial charge in [0.25, 0.3) is 5.56 Å². The second-order valence-electron chi connectivity index (χ2n) is 9.15. The lowest BCUT2D eigenvalue weighted by atomic mass is 9.95. The van der Waals surface area contributed by atoms with Crippen LogP contribution in [0.1, 0.15) is 36.1 Å². The van der Waals surface area contributed by atoms with Gasteiger partial charge in [-0.15, -0.1) is 0 Å². The van der Waals surface area contributed by atoms with E-state index in [1.54, 1.807) is 17.8 Å². The lowest BCUT2D eigenvalue weighted by Gasteiger charge is -2.25. The summed E-state index contributed by atoms with van der Waals surface area (Å²) >= 11 is 10.9. The fourth-order valence-electron chi connectivity index (χ4n) is 4.67. The minimum atomic E-state index is -0.651. The number of hydrogen-bond acceptors (Lipinski definition) is 7. The van der Waals surface area contributed by atoms with E-state index in [0.29, 0.717) is 54.6 Å². The molecule has 7 nitrogen and oxygen atoms in total. The van der Waals surface area contributed by atoms with Gasteiger partial charge < -0.3 is 14.2 Å². The van der Waals surface area contributed by atoms with Gasteiger partial charge in [-0.25, -0.2) is 9.79 Å². The van der Waals surface area contributed by atoms with Crippen molar-refractivity contribution in [1.29, 1.82) is 0 Å². The third-order valence-corrected chi connectivity index (χ3v) is 8.44. The van der Waals surface area contributed by atoms with Crippen molar-refractivity contribution >= 4 is 50.9 Å². The van der Waals surface area contributed by atoms with E-state index in [-0.39, 0.29) is 5.56 Å². The van der Waals surface area contributed by atoms with Crippen LogP contribution in [0, 0.1) is 0 Å². The lowest BCUT2D eigenvalue weighted by molar-refractivity contribution is -0.136. The second-order valence-corrected chi connectivity index (χ2v) is 11.4. The molecular weight excluding hydrogens is 628 g/mol. The third kappa shape index (κ3) is 5.88. The molecule has 3 aromatic carbocycles. The van der Waals surface area contributed by atoms with E-state index in [0.717, 1.165) is 16.7 Å². The number of carbonyl (C=O) groups is 1. The zero-order chi connectivity index (χ0) is 29.1. The number of halogens is 2. The zero-order valence-electron chi connectivity index (χ0n) is 22.5. The van der Waals surface area contributed by atoms with E-state index in [9.17, 15) is 9.59 Å². The summed E-state index contributed by atoms with van der Waals surface area (Å²) in [6.45, 7) is 2.25. The highest BCUT2D eigenvalue weighted by molar-refractivity contribution is 9.10. The molecule has 1 aliphatic rings. The van der Waals surface area contributed by atoms with Crippen LogP contribution in [0.3, 0.4) is 0 Å². The molecule has 5 rings (SSSR count). The largest absolute Gasteiger partial charge is 0.493 e. The minimum absolute atomic E-state index is 0.252. The van der Waals surface area contributed by atoms with E-state index in [1.165, 1.54) is 18.4 Å². The van der Waals surface area contributed by atoms with Crippen LogP contribution in [0.4, 0.5) is 0 Å². The van der Waals surface area contributed by atoms with Crippen molar-refractivity contribution in [2.75, 3.05) is 14.2 Å². The summed E-state index contributed by atoms with van der Waals surface area (Å²) < 4.78 is 19.5. The van der Waals surface area contributed by atoms with Crippen LogP contribution in [0.5, 0.6) is 11.5 Å². The van der Waals surface area contributed by atoms with E-state index < -0.39 is 12.0 Å². The first-order valence-corrected chi connectivity index (χ1v) is 14.8. The smallest absolute Gasteiger partial charge is 0.338 e. The molecule has 0 saturated carbocycles. The summed E-state index contributed by atoms with van der Waals surface area (Å²) in [4.78, 5) is 32.1. The molecule has 0 saturated heterocycles. The van der Waals surface area contributed by atoms with Gasteiger partial charge in [0.05, 0.1) is 40.5 Å². The summed E-state index contributed by atoms with van der Waals surface area (Å²) in [5.74, 6) is 0.549. The van der Waals surface area contributed by atoms with Crippen LogP contribution in [0.2, 0.25) is 5.02 Å². The van der Waals surface area contributed by atoms with Crippen molar-refractivity contribution in [3.63, 3.8) is 0 Å². The molecule has 1 atom stereocenters. The number of esters is 1. The van der Waals surface area contributed by atoms with E-state index in [4.69, 9.17) is 30.8 Å². The highest BCUT2D eigenvalue weighted by Crippen LogP contribution is 2.37. The van der Waals surface area contributed by atoms with Gasteiger partial charge in [0.2, 0.25) is 0 Å². The Labute approximate surface area is 254 Å². The average molecular weight is 654 g/mol. The quantitative estimate of drug-likeness (QED) is 0.225. The number of hydrogen-bond donors (Lipinski definition) is 0.